The average Bonchev–Trinajstić information content (AvgIpc) is 3.25. The minimum atomic E-state index is 0. The molecule has 1 aliphatic rings. The molecule has 1 aromatic carbocycles. The Morgan fingerprint density at radius 2 is 2.08 bits per heavy atom. The lowest BCUT2D eigenvalue weighted by Gasteiger charge is -2.08. The first-order valence-electron chi connectivity index (χ1n) is 8.29. The first kappa shape index (κ1) is 21.5. The van der Waals surface area contributed by atoms with Gasteiger partial charge in [-0.25, -0.2) is 4.98 Å². The van der Waals surface area contributed by atoms with Gasteiger partial charge in [0.1, 0.15) is 0 Å². The van der Waals surface area contributed by atoms with Gasteiger partial charge in [0.25, 0.3) is 0 Å². The molecule has 7 heteroatoms. The Morgan fingerprint density at radius 1 is 1.28 bits per heavy atom. The highest BCUT2D eigenvalue weighted by Gasteiger charge is 2.14. The molecule has 1 unspecified atom stereocenters. The summed E-state index contributed by atoms with van der Waals surface area (Å²) in [4.78, 5) is 16.1. The zero-order valence-corrected chi connectivity index (χ0v) is 15.7. The molecule has 2 N–H and O–H groups in total. The topological polar surface area (TPSA) is 67.2 Å². The molecule has 1 fully saturated rings. The van der Waals surface area contributed by atoms with Crippen LogP contribution in [0.25, 0.3) is 11.3 Å². The number of hydrogen-bond acceptors (Lipinski definition) is 4. The van der Waals surface area contributed by atoms with Gasteiger partial charge in [0.05, 0.1) is 6.20 Å². The number of aromatic nitrogens is 1. The SMILES string of the molecule is Cl.Cl.O=C(CCc1ncc(-c2ccccc2)o1)NCCC1CCNC1. The molecular formula is C18H25Cl2N3O2. The molecule has 3 rings (SSSR count). The van der Waals surface area contributed by atoms with Crippen LogP contribution in [0, 0.1) is 5.92 Å². The van der Waals surface area contributed by atoms with Gasteiger partial charge in [-0.15, -0.1) is 24.8 Å². The lowest BCUT2D eigenvalue weighted by atomic mass is 10.1. The van der Waals surface area contributed by atoms with Crippen LogP contribution < -0.4 is 10.6 Å². The van der Waals surface area contributed by atoms with E-state index in [2.05, 4.69) is 15.6 Å². The Balaban J connectivity index is 0.00000156. The molecule has 0 bridgehead atoms. The minimum Gasteiger partial charge on any atom is -0.441 e. The predicted octanol–water partition coefficient (Wildman–Crippen LogP) is 3.23. The monoisotopic (exact) mass is 385 g/mol. The smallest absolute Gasteiger partial charge is 0.220 e. The number of halogens is 2. The third-order valence-corrected chi connectivity index (χ3v) is 4.21. The fourth-order valence-electron chi connectivity index (χ4n) is 2.85. The van der Waals surface area contributed by atoms with E-state index in [9.17, 15) is 4.79 Å². The van der Waals surface area contributed by atoms with Gasteiger partial charge in [0, 0.05) is 24.9 Å². The maximum Gasteiger partial charge on any atom is 0.220 e. The van der Waals surface area contributed by atoms with Gasteiger partial charge in [0.2, 0.25) is 5.91 Å². The van der Waals surface area contributed by atoms with Crippen molar-refractivity contribution >= 4 is 30.7 Å². The lowest BCUT2D eigenvalue weighted by molar-refractivity contribution is -0.121. The van der Waals surface area contributed by atoms with E-state index in [1.54, 1.807) is 6.20 Å². The van der Waals surface area contributed by atoms with Crippen LogP contribution >= 0.6 is 24.8 Å². The highest BCUT2D eigenvalue weighted by molar-refractivity contribution is 5.85. The van der Waals surface area contributed by atoms with Gasteiger partial charge in [-0.05, 0) is 31.8 Å². The highest BCUT2D eigenvalue weighted by Crippen LogP contribution is 2.20. The van der Waals surface area contributed by atoms with Gasteiger partial charge in [0.15, 0.2) is 11.7 Å². The number of oxazole rings is 1. The summed E-state index contributed by atoms with van der Waals surface area (Å²) in [6.07, 6.45) is 4.93. The molecule has 0 radical (unpaired) electrons. The van der Waals surface area contributed by atoms with Crippen molar-refractivity contribution in [3.05, 3.63) is 42.4 Å². The minimum absolute atomic E-state index is 0. The molecule has 1 aliphatic heterocycles. The quantitative estimate of drug-likeness (QED) is 0.767. The van der Waals surface area contributed by atoms with Gasteiger partial charge < -0.3 is 15.1 Å². The van der Waals surface area contributed by atoms with E-state index in [1.165, 1.54) is 6.42 Å². The Bertz CT molecular complexity index is 628. The van der Waals surface area contributed by atoms with E-state index in [4.69, 9.17) is 4.42 Å². The largest absolute Gasteiger partial charge is 0.441 e. The van der Waals surface area contributed by atoms with Crippen LogP contribution in [-0.2, 0) is 11.2 Å². The van der Waals surface area contributed by atoms with Crippen molar-refractivity contribution in [3.8, 4) is 11.3 Å². The molecule has 5 nitrogen and oxygen atoms in total. The number of aryl methyl sites for hydroxylation is 1. The molecule has 1 amide bonds. The number of hydrogen-bond donors (Lipinski definition) is 2. The zero-order chi connectivity index (χ0) is 15.9. The second-order valence-corrected chi connectivity index (χ2v) is 5.98. The molecule has 0 spiro atoms. The summed E-state index contributed by atoms with van der Waals surface area (Å²) in [5.41, 5.74) is 1.00. The Morgan fingerprint density at radius 3 is 2.80 bits per heavy atom. The van der Waals surface area contributed by atoms with Crippen molar-refractivity contribution in [3.63, 3.8) is 0 Å². The van der Waals surface area contributed by atoms with Gasteiger partial charge in [-0.3, -0.25) is 4.79 Å². The van der Waals surface area contributed by atoms with Gasteiger partial charge in [-0.2, -0.15) is 0 Å². The standard InChI is InChI=1S/C18H23N3O2.2ClH/c22-17(20-11-9-14-8-10-19-12-14)6-7-18-21-13-16(23-18)15-4-2-1-3-5-15;;/h1-5,13-14,19H,6-12H2,(H,20,22);2*1H. The van der Waals surface area contributed by atoms with Crippen molar-refractivity contribution in [2.45, 2.75) is 25.7 Å². The molecule has 1 saturated heterocycles. The fraction of sp³-hybridized carbons (Fsp3) is 0.444. The van der Waals surface area contributed by atoms with E-state index < -0.39 is 0 Å². The molecule has 0 aliphatic carbocycles. The second-order valence-electron chi connectivity index (χ2n) is 5.98. The van der Waals surface area contributed by atoms with Crippen LogP contribution in [0.4, 0.5) is 0 Å². The number of nitrogens with zero attached hydrogens (tertiary/aromatic N) is 1. The Kier molecular flexibility index (Phi) is 9.57. The van der Waals surface area contributed by atoms with Crippen LogP contribution in [0.3, 0.4) is 0 Å². The summed E-state index contributed by atoms with van der Waals surface area (Å²) in [5.74, 6) is 2.12. The van der Waals surface area contributed by atoms with Crippen LogP contribution in [0.5, 0.6) is 0 Å². The number of nitrogens with one attached hydrogen (secondary N) is 2. The number of benzene rings is 1. The summed E-state index contributed by atoms with van der Waals surface area (Å²) in [6.45, 7) is 2.94. The van der Waals surface area contributed by atoms with Crippen LogP contribution in [-0.4, -0.2) is 30.5 Å². The number of rotatable bonds is 7. The summed E-state index contributed by atoms with van der Waals surface area (Å²) < 4.78 is 5.71. The van der Waals surface area contributed by atoms with E-state index in [1.807, 2.05) is 30.3 Å². The average molecular weight is 386 g/mol. The van der Waals surface area contributed by atoms with E-state index in [-0.39, 0.29) is 30.7 Å². The summed E-state index contributed by atoms with van der Waals surface area (Å²) in [7, 11) is 0. The van der Waals surface area contributed by atoms with Crippen molar-refractivity contribution in [2.24, 2.45) is 5.92 Å². The van der Waals surface area contributed by atoms with Crippen molar-refractivity contribution in [1.82, 2.24) is 15.6 Å². The third kappa shape index (κ3) is 6.69. The number of carbonyl (C=O) groups excluding carboxylic acids is 1. The summed E-state index contributed by atoms with van der Waals surface area (Å²) >= 11 is 0. The van der Waals surface area contributed by atoms with Crippen LogP contribution in [0.1, 0.15) is 25.2 Å². The van der Waals surface area contributed by atoms with Crippen molar-refractivity contribution in [2.75, 3.05) is 19.6 Å². The maximum atomic E-state index is 11.9. The van der Waals surface area contributed by atoms with Crippen molar-refractivity contribution < 1.29 is 9.21 Å². The highest BCUT2D eigenvalue weighted by atomic mass is 35.5. The molecule has 2 aromatic rings. The first-order chi connectivity index (χ1) is 11.3. The van der Waals surface area contributed by atoms with Gasteiger partial charge in [-0.1, -0.05) is 30.3 Å². The van der Waals surface area contributed by atoms with E-state index in [0.717, 1.165) is 37.4 Å². The van der Waals surface area contributed by atoms with Gasteiger partial charge >= 0.3 is 0 Å². The number of amides is 1. The summed E-state index contributed by atoms with van der Waals surface area (Å²) in [6, 6.07) is 9.85. The molecule has 2 heterocycles. The normalized spacial score (nSPS) is 15.9. The molecule has 0 saturated carbocycles. The summed E-state index contributed by atoms with van der Waals surface area (Å²) in [5, 5.41) is 6.32. The predicted molar refractivity (Wildman–Crippen MR) is 103 cm³/mol. The Labute approximate surface area is 160 Å². The fourth-order valence-corrected chi connectivity index (χ4v) is 2.85. The third-order valence-electron chi connectivity index (χ3n) is 4.21. The molecule has 1 aromatic heterocycles. The van der Waals surface area contributed by atoms with Crippen molar-refractivity contribution in [1.29, 1.82) is 0 Å². The molecule has 138 valence electrons. The van der Waals surface area contributed by atoms with E-state index >= 15 is 0 Å². The molecule has 1 atom stereocenters. The first-order valence-corrected chi connectivity index (χ1v) is 8.29. The lowest BCUT2D eigenvalue weighted by Crippen LogP contribution is -2.26. The second kappa shape index (κ2) is 11.1. The Hall–Kier alpha value is -1.56. The maximum absolute atomic E-state index is 11.9. The van der Waals surface area contributed by atoms with E-state index in [0.29, 0.717) is 24.7 Å². The molecule has 25 heavy (non-hydrogen) atoms. The zero-order valence-electron chi connectivity index (χ0n) is 14.1. The van der Waals surface area contributed by atoms with Crippen LogP contribution in [0.15, 0.2) is 40.9 Å². The van der Waals surface area contributed by atoms with Crippen LogP contribution in [0.2, 0.25) is 0 Å². The molecular weight excluding hydrogens is 361 g/mol. The number of carbonyl (C=O) groups is 1.